The number of likely N-dealkylation sites (N-methyl/N-ethyl adjacent to an activating group) is 1. The smallest absolute Gasteiger partial charge is 0.339 e. The highest BCUT2D eigenvalue weighted by Crippen LogP contribution is 2.28. The van der Waals surface area contributed by atoms with Crippen molar-refractivity contribution < 1.29 is 14.3 Å². The average molecular weight is 304 g/mol. The highest BCUT2D eigenvalue weighted by Gasteiger charge is 2.42. The Hall–Kier alpha value is -1.88. The minimum atomic E-state index is -1.13. The monoisotopic (exact) mass is 304 g/mol. The van der Waals surface area contributed by atoms with Gasteiger partial charge in [0.25, 0.3) is 5.91 Å². The fourth-order valence-corrected chi connectivity index (χ4v) is 2.71. The van der Waals surface area contributed by atoms with Gasteiger partial charge in [-0.15, -0.1) is 0 Å². The Kier molecular flexibility index (Phi) is 5.19. The van der Waals surface area contributed by atoms with Crippen LogP contribution in [0.25, 0.3) is 0 Å². The summed E-state index contributed by atoms with van der Waals surface area (Å²) in [5.74, 6) is -0.661. The van der Waals surface area contributed by atoms with Crippen LogP contribution in [0.1, 0.15) is 36.7 Å². The lowest BCUT2D eigenvalue weighted by Crippen LogP contribution is -2.52. The van der Waals surface area contributed by atoms with Gasteiger partial charge in [-0.1, -0.05) is 32.0 Å². The van der Waals surface area contributed by atoms with E-state index < -0.39 is 11.6 Å². The van der Waals surface area contributed by atoms with Crippen LogP contribution in [0, 0.1) is 0 Å². The van der Waals surface area contributed by atoms with Crippen LogP contribution < -0.4 is 5.32 Å². The standard InChI is InChI=1S/C17H24N2O3/c1-4-19(5-2)11-10-18-16(21)17(3)12-13-8-6-7-9-14(13)15(20)22-17/h6-9H,4-5,10-12H2,1-3H3,(H,18,21). The van der Waals surface area contributed by atoms with Gasteiger partial charge in [-0.25, -0.2) is 4.79 Å². The van der Waals surface area contributed by atoms with Crippen LogP contribution in [-0.2, 0) is 16.0 Å². The van der Waals surface area contributed by atoms with E-state index in [9.17, 15) is 9.59 Å². The number of ether oxygens (including phenoxy) is 1. The van der Waals surface area contributed by atoms with Gasteiger partial charge in [-0.2, -0.15) is 0 Å². The molecule has 0 bridgehead atoms. The number of benzene rings is 1. The molecule has 0 spiro atoms. The second-order valence-electron chi connectivity index (χ2n) is 5.74. The summed E-state index contributed by atoms with van der Waals surface area (Å²) < 4.78 is 5.41. The van der Waals surface area contributed by atoms with Gasteiger partial charge < -0.3 is 15.0 Å². The number of fused-ring (bicyclic) bond motifs is 1. The second-order valence-corrected chi connectivity index (χ2v) is 5.74. The molecule has 5 nitrogen and oxygen atoms in total. The van der Waals surface area contributed by atoms with Crippen molar-refractivity contribution in [2.75, 3.05) is 26.2 Å². The maximum absolute atomic E-state index is 12.4. The molecule has 22 heavy (non-hydrogen) atoms. The first-order chi connectivity index (χ1) is 10.5. The number of nitrogens with zero attached hydrogens (tertiary/aromatic N) is 1. The summed E-state index contributed by atoms with van der Waals surface area (Å²) in [6.07, 6.45) is 0.409. The maximum atomic E-state index is 12.4. The van der Waals surface area contributed by atoms with Gasteiger partial charge >= 0.3 is 5.97 Å². The van der Waals surface area contributed by atoms with Crippen molar-refractivity contribution in [2.24, 2.45) is 0 Å². The van der Waals surface area contributed by atoms with E-state index >= 15 is 0 Å². The van der Waals surface area contributed by atoms with E-state index in [4.69, 9.17) is 4.74 Å². The summed E-state index contributed by atoms with van der Waals surface area (Å²) in [5.41, 5.74) is 0.283. The van der Waals surface area contributed by atoms with E-state index in [1.165, 1.54) is 0 Å². The first-order valence-corrected chi connectivity index (χ1v) is 7.82. The maximum Gasteiger partial charge on any atom is 0.339 e. The Bertz CT molecular complexity index is 555. The SMILES string of the molecule is CCN(CC)CCNC(=O)C1(C)Cc2ccccc2C(=O)O1. The van der Waals surface area contributed by atoms with Gasteiger partial charge in [0.2, 0.25) is 0 Å². The fourth-order valence-electron chi connectivity index (χ4n) is 2.71. The number of carbonyl (C=O) groups is 2. The van der Waals surface area contributed by atoms with Crippen molar-refractivity contribution in [1.82, 2.24) is 10.2 Å². The van der Waals surface area contributed by atoms with E-state index in [0.29, 0.717) is 18.5 Å². The molecule has 0 saturated carbocycles. The van der Waals surface area contributed by atoms with Gasteiger partial charge in [0.1, 0.15) is 0 Å². The summed E-state index contributed by atoms with van der Waals surface area (Å²) in [7, 11) is 0. The molecule has 1 aromatic carbocycles. The van der Waals surface area contributed by atoms with Crippen LogP contribution in [-0.4, -0.2) is 48.6 Å². The van der Waals surface area contributed by atoms with Gasteiger partial charge in [-0.05, 0) is 31.6 Å². The van der Waals surface area contributed by atoms with Gasteiger partial charge in [-0.3, -0.25) is 4.79 Å². The largest absolute Gasteiger partial charge is 0.445 e. The Morgan fingerprint density at radius 2 is 2.00 bits per heavy atom. The molecule has 1 heterocycles. The van der Waals surface area contributed by atoms with Crippen LogP contribution in [0.15, 0.2) is 24.3 Å². The third kappa shape index (κ3) is 3.47. The predicted octanol–water partition coefficient (Wildman–Crippen LogP) is 1.62. The highest BCUT2D eigenvalue weighted by molar-refractivity contribution is 5.97. The Labute approximate surface area is 131 Å². The van der Waals surface area contributed by atoms with Gasteiger partial charge in [0.05, 0.1) is 5.56 Å². The number of nitrogens with one attached hydrogen (secondary N) is 1. The molecule has 2 rings (SSSR count). The molecular formula is C17H24N2O3. The molecule has 1 aliphatic heterocycles. The van der Waals surface area contributed by atoms with Crippen molar-refractivity contribution in [1.29, 1.82) is 0 Å². The quantitative estimate of drug-likeness (QED) is 0.811. The van der Waals surface area contributed by atoms with Crippen LogP contribution >= 0.6 is 0 Å². The number of cyclic esters (lactones) is 1. The van der Waals surface area contributed by atoms with E-state index in [0.717, 1.165) is 25.2 Å². The van der Waals surface area contributed by atoms with Crippen LogP contribution in [0.4, 0.5) is 0 Å². The second kappa shape index (κ2) is 6.92. The van der Waals surface area contributed by atoms with E-state index in [1.54, 1.807) is 19.1 Å². The molecule has 120 valence electrons. The molecule has 1 N–H and O–H groups in total. The number of hydrogen-bond donors (Lipinski definition) is 1. The predicted molar refractivity (Wildman–Crippen MR) is 84.8 cm³/mol. The molecule has 0 radical (unpaired) electrons. The van der Waals surface area contributed by atoms with Gasteiger partial charge in [0.15, 0.2) is 5.60 Å². The minimum Gasteiger partial charge on any atom is -0.445 e. The van der Waals surface area contributed by atoms with Crippen molar-refractivity contribution in [3.8, 4) is 0 Å². The van der Waals surface area contributed by atoms with E-state index in [-0.39, 0.29) is 5.91 Å². The lowest BCUT2D eigenvalue weighted by Gasteiger charge is -2.33. The zero-order valence-electron chi connectivity index (χ0n) is 13.5. The lowest BCUT2D eigenvalue weighted by molar-refractivity contribution is -0.139. The average Bonchev–Trinajstić information content (AvgIpc) is 2.51. The number of hydrogen-bond acceptors (Lipinski definition) is 4. The third-order valence-corrected chi connectivity index (χ3v) is 4.17. The lowest BCUT2D eigenvalue weighted by atomic mass is 9.89. The molecule has 0 saturated heterocycles. The van der Waals surface area contributed by atoms with Crippen LogP contribution in [0.2, 0.25) is 0 Å². The Morgan fingerprint density at radius 1 is 1.32 bits per heavy atom. The fraction of sp³-hybridized carbons (Fsp3) is 0.529. The molecule has 1 atom stereocenters. The van der Waals surface area contributed by atoms with Crippen LogP contribution in [0.5, 0.6) is 0 Å². The summed E-state index contributed by atoms with van der Waals surface area (Å²) in [4.78, 5) is 26.7. The number of rotatable bonds is 6. The van der Waals surface area contributed by atoms with Crippen molar-refractivity contribution in [3.05, 3.63) is 35.4 Å². The molecule has 1 aliphatic rings. The Morgan fingerprint density at radius 3 is 2.68 bits per heavy atom. The zero-order valence-corrected chi connectivity index (χ0v) is 13.5. The zero-order chi connectivity index (χ0) is 16.2. The molecule has 1 unspecified atom stereocenters. The molecule has 0 aromatic heterocycles. The number of amides is 1. The first kappa shape index (κ1) is 16.5. The summed E-state index contributed by atoms with van der Waals surface area (Å²) in [5, 5.41) is 2.89. The van der Waals surface area contributed by atoms with Crippen molar-refractivity contribution >= 4 is 11.9 Å². The first-order valence-electron chi connectivity index (χ1n) is 7.82. The number of esters is 1. The minimum absolute atomic E-state index is 0.234. The molecule has 0 fully saturated rings. The molecule has 1 amide bonds. The summed E-state index contributed by atoms with van der Waals surface area (Å²) >= 11 is 0. The van der Waals surface area contributed by atoms with Gasteiger partial charge in [0, 0.05) is 19.5 Å². The van der Waals surface area contributed by atoms with Crippen LogP contribution in [0.3, 0.4) is 0 Å². The van der Waals surface area contributed by atoms with E-state index in [2.05, 4.69) is 24.1 Å². The van der Waals surface area contributed by atoms with Crippen molar-refractivity contribution in [3.63, 3.8) is 0 Å². The van der Waals surface area contributed by atoms with Crippen molar-refractivity contribution in [2.45, 2.75) is 32.8 Å². The summed E-state index contributed by atoms with van der Waals surface area (Å²) in [6.45, 7) is 9.10. The molecule has 5 heteroatoms. The molecule has 0 aliphatic carbocycles. The highest BCUT2D eigenvalue weighted by atomic mass is 16.6. The topological polar surface area (TPSA) is 58.6 Å². The summed E-state index contributed by atoms with van der Waals surface area (Å²) in [6, 6.07) is 7.27. The normalized spacial score (nSPS) is 20.5. The van der Waals surface area contributed by atoms with E-state index in [1.807, 2.05) is 12.1 Å². The Balaban J connectivity index is 2.00. The molecule has 1 aromatic rings. The number of carbonyl (C=O) groups excluding carboxylic acids is 2. The third-order valence-electron chi connectivity index (χ3n) is 4.17. The molecular weight excluding hydrogens is 280 g/mol.